The van der Waals surface area contributed by atoms with Crippen molar-refractivity contribution in [3.63, 3.8) is 0 Å². The average molecular weight is 333 g/mol. The third kappa shape index (κ3) is 2.89. The molecule has 0 aliphatic carbocycles. The molecule has 1 aliphatic rings. The van der Waals surface area contributed by atoms with Crippen molar-refractivity contribution in [2.45, 2.75) is 32.9 Å². The summed E-state index contributed by atoms with van der Waals surface area (Å²) in [7, 11) is 0. The molecular weight excluding hydrogens is 320 g/mol. The number of carbonyl (C=O) groups is 2. The summed E-state index contributed by atoms with van der Waals surface area (Å²) in [6.45, 7) is 5.75. The summed E-state index contributed by atoms with van der Waals surface area (Å²) in [5.74, 6) is -0.0923. The van der Waals surface area contributed by atoms with Gasteiger partial charge in [0.1, 0.15) is 5.60 Å². The summed E-state index contributed by atoms with van der Waals surface area (Å²) in [5.41, 5.74) is 0.0669. The molecule has 1 aromatic rings. The third-order valence-corrected chi connectivity index (χ3v) is 3.84. The van der Waals surface area contributed by atoms with Crippen LogP contribution in [0.4, 0.5) is 4.79 Å². The Labute approximate surface area is 117 Å². The highest BCUT2D eigenvalue weighted by molar-refractivity contribution is 9.11. The molecule has 7 heteroatoms. The van der Waals surface area contributed by atoms with Gasteiger partial charge in [-0.15, -0.1) is 11.3 Å². The standard InChI is InChI=1S/C11H13BrN2O3S/c1-11(2,3)17-10(16)14-4-6-8(7(15)5-14)18-9(12)13-6/h4-5H2,1-3H3. The number of halogens is 1. The molecule has 1 aromatic heterocycles. The molecule has 0 N–H and O–H groups in total. The minimum Gasteiger partial charge on any atom is -0.444 e. The van der Waals surface area contributed by atoms with Crippen LogP contribution in [0, 0.1) is 0 Å². The summed E-state index contributed by atoms with van der Waals surface area (Å²) >= 11 is 4.55. The van der Waals surface area contributed by atoms with Crippen LogP contribution < -0.4 is 0 Å². The van der Waals surface area contributed by atoms with Crippen LogP contribution in [0.2, 0.25) is 0 Å². The SMILES string of the molecule is CC(C)(C)OC(=O)N1CC(=O)c2sc(Br)nc2C1. The number of ketones is 1. The molecule has 18 heavy (non-hydrogen) atoms. The monoisotopic (exact) mass is 332 g/mol. The molecule has 2 heterocycles. The molecule has 0 saturated carbocycles. The van der Waals surface area contributed by atoms with Gasteiger partial charge in [0.05, 0.1) is 23.7 Å². The maximum Gasteiger partial charge on any atom is 0.411 e. The third-order valence-electron chi connectivity index (χ3n) is 2.25. The van der Waals surface area contributed by atoms with E-state index < -0.39 is 11.7 Å². The largest absolute Gasteiger partial charge is 0.444 e. The second-order valence-corrected chi connectivity index (χ2v) is 7.28. The molecule has 1 amide bonds. The van der Waals surface area contributed by atoms with Crippen LogP contribution in [0.1, 0.15) is 36.1 Å². The van der Waals surface area contributed by atoms with Gasteiger partial charge < -0.3 is 4.74 Å². The topological polar surface area (TPSA) is 59.5 Å². The van der Waals surface area contributed by atoms with E-state index in [2.05, 4.69) is 20.9 Å². The van der Waals surface area contributed by atoms with Gasteiger partial charge >= 0.3 is 6.09 Å². The summed E-state index contributed by atoms with van der Waals surface area (Å²) in [6, 6.07) is 0. The lowest BCUT2D eigenvalue weighted by atomic mass is 10.1. The highest BCUT2D eigenvalue weighted by atomic mass is 79.9. The first-order valence-electron chi connectivity index (χ1n) is 5.42. The molecule has 0 bridgehead atoms. The van der Waals surface area contributed by atoms with E-state index in [9.17, 15) is 9.59 Å². The van der Waals surface area contributed by atoms with Gasteiger partial charge in [0.2, 0.25) is 0 Å². The molecule has 0 spiro atoms. The zero-order valence-corrected chi connectivity index (χ0v) is 12.7. The van der Waals surface area contributed by atoms with E-state index in [-0.39, 0.29) is 12.3 Å². The fraction of sp³-hybridized carbons (Fsp3) is 0.545. The zero-order chi connectivity index (χ0) is 13.5. The quantitative estimate of drug-likeness (QED) is 0.732. The van der Waals surface area contributed by atoms with Gasteiger partial charge in [-0.05, 0) is 36.7 Å². The number of hydrogen-bond acceptors (Lipinski definition) is 5. The smallest absolute Gasteiger partial charge is 0.411 e. The molecule has 1 aliphatic heterocycles. The predicted molar refractivity (Wildman–Crippen MR) is 70.8 cm³/mol. The van der Waals surface area contributed by atoms with Gasteiger partial charge in [0.15, 0.2) is 9.70 Å². The Hall–Kier alpha value is -0.950. The van der Waals surface area contributed by atoms with Crippen molar-refractivity contribution >= 4 is 39.1 Å². The minimum absolute atomic E-state index is 0.0521. The molecule has 2 rings (SSSR count). The van der Waals surface area contributed by atoms with Crippen molar-refractivity contribution in [2.75, 3.05) is 6.54 Å². The second-order valence-electron chi connectivity index (χ2n) is 5.00. The van der Waals surface area contributed by atoms with E-state index in [1.54, 1.807) is 20.8 Å². The zero-order valence-electron chi connectivity index (χ0n) is 10.3. The number of aromatic nitrogens is 1. The van der Waals surface area contributed by atoms with E-state index in [4.69, 9.17) is 4.74 Å². The summed E-state index contributed by atoms with van der Waals surface area (Å²) in [4.78, 5) is 30.0. The minimum atomic E-state index is -0.566. The van der Waals surface area contributed by atoms with Crippen molar-refractivity contribution in [2.24, 2.45) is 0 Å². The number of Topliss-reactive ketones (excluding diaryl/α,β-unsaturated/α-hetero) is 1. The second kappa shape index (κ2) is 4.62. The number of thiazole rings is 1. The number of nitrogens with zero attached hydrogens (tertiary/aromatic N) is 2. The fourth-order valence-electron chi connectivity index (χ4n) is 1.59. The number of ether oxygens (including phenoxy) is 1. The van der Waals surface area contributed by atoms with Crippen LogP contribution in [0.15, 0.2) is 3.92 Å². The first-order chi connectivity index (χ1) is 8.26. The van der Waals surface area contributed by atoms with Gasteiger partial charge in [-0.3, -0.25) is 9.69 Å². The highest BCUT2D eigenvalue weighted by Gasteiger charge is 2.32. The molecule has 0 atom stereocenters. The van der Waals surface area contributed by atoms with E-state index >= 15 is 0 Å². The Bertz CT molecular complexity index is 507. The van der Waals surface area contributed by atoms with Crippen LogP contribution in [-0.2, 0) is 11.3 Å². The molecule has 0 saturated heterocycles. The number of hydrogen-bond donors (Lipinski definition) is 0. The fourth-order valence-corrected chi connectivity index (χ4v) is 3.02. The summed E-state index contributed by atoms with van der Waals surface area (Å²) < 4.78 is 5.91. The molecular formula is C11H13BrN2O3S. The van der Waals surface area contributed by atoms with Crippen LogP contribution in [0.3, 0.4) is 0 Å². The van der Waals surface area contributed by atoms with E-state index in [1.165, 1.54) is 16.2 Å². The van der Waals surface area contributed by atoms with Crippen molar-refractivity contribution in [1.82, 2.24) is 9.88 Å². The lowest BCUT2D eigenvalue weighted by molar-refractivity contribution is 0.0219. The van der Waals surface area contributed by atoms with Crippen molar-refractivity contribution in [1.29, 1.82) is 0 Å². The number of carbonyl (C=O) groups excluding carboxylic acids is 2. The molecule has 0 fully saturated rings. The molecule has 0 unspecified atom stereocenters. The molecule has 98 valence electrons. The van der Waals surface area contributed by atoms with Crippen molar-refractivity contribution in [3.05, 3.63) is 14.5 Å². The molecule has 5 nitrogen and oxygen atoms in total. The van der Waals surface area contributed by atoms with Crippen LogP contribution >= 0.6 is 27.3 Å². The summed E-state index contributed by atoms with van der Waals surface area (Å²) in [6.07, 6.45) is -0.481. The van der Waals surface area contributed by atoms with Gasteiger partial charge in [0.25, 0.3) is 0 Å². The maximum atomic E-state index is 11.9. The van der Waals surface area contributed by atoms with E-state index in [0.717, 1.165) is 0 Å². The number of rotatable bonds is 0. The Balaban J connectivity index is 2.16. The van der Waals surface area contributed by atoms with E-state index in [0.29, 0.717) is 21.0 Å². The Kier molecular flexibility index (Phi) is 3.46. The first-order valence-corrected chi connectivity index (χ1v) is 7.03. The lowest BCUT2D eigenvalue weighted by Gasteiger charge is -2.28. The number of fused-ring (bicyclic) bond motifs is 1. The maximum absolute atomic E-state index is 11.9. The van der Waals surface area contributed by atoms with Crippen LogP contribution in [0.5, 0.6) is 0 Å². The van der Waals surface area contributed by atoms with Gasteiger partial charge in [-0.1, -0.05) is 0 Å². The van der Waals surface area contributed by atoms with Gasteiger partial charge in [0, 0.05) is 0 Å². The first kappa shape index (κ1) is 13.5. The Morgan fingerprint density at radius 3 is 2.72 bits per heavy atom. The summed E-state index contributed by atoms with van der Waals surface area (Å²) in [5, 5.41) is 0. The average Bonchev–Trinajstić information content (AvgIpc) is 2.56. The molecule has 0 radical (unpaired) electrons. The van der Waals surface area contributed by atoms with Crippen molar-refractivity contribution < 1.29 is 14.3 Å². The van der Waals surface area contributed by atoms with E-state index in [1.807, 2.05) is 0 Å². The number of amides is 1. The van der Waals surface area contributed by atoms with Crippen LogP contribution in [-0.4, -0.2) is 33.9 Å². The van der Waals surface area contributed by atoms with Gasteiger partial charge in [-0.25, -0.2) is 9.78 Å². The van der Waals surface area contributed by atoms with Crippen LogP contribution in [0.25, 0.3) is 0 Å². The normalized spacial score (nSPS) is 15.6. The highest BCUT2D eigenvalue weighted by Crippen LogP contribution is 2.28. The molecule has 0 aromatic carbocycles. The predicted octanol–water partition coefficient (Wildman–Crippen LogP) is 2.84. The lowest BCUT2D eigenvalue weighted by Crippen LogP contribution is -2.42. The van der Waals surface area contributed by atoms with Gasteiger partial charge in [-0.2, -0.15) is 0 Å². The Morgan fingerprint density at radius 2 is 2.11 bits per heavy atom. The van der Waals surface area contributed by atoms with Crippen molar-refractivity contribution in [3.8, 4) is 0 Å². The Morgan fingerprint density at radius 1 is 1.44 bits per heavy atom.